The van der Waals surface area contributed by atoms with Gasteiger partial charge in [0.15, 0.2) is 0 Å². The number of aliphatic carboxylic acids is 1. The van der Waals surface area contributed by atoms with Gasteiger partial charge in [-0.25, -0.2) is 4.79 Å². The lowest BCUT2D eigenvalue weighted by atomic mass is 10.5. The summed E-state index contributed by atoms with van der Waals surface area (Å²) in [6.07, 6.45) is 0. The van der Waals surface area contributed by atoms with Gasteiger partial charge >= 0.3 is 12.0 Å². The van der Waals surface area contributed by atoms with Crippen molar-refractivity contribution in [1.82, 2.24) is 10.2 Å². The Kier molecular flexibility index (Phi) is 9.21. The highest BCUT2D eigenvalue weighted by molar-refractivity contribution is 7.84. The van der Waals surface area contributed by atoms with Gasteiger partial charge in [-0.2, -0.15) is 0 Å². The summed E-state index contributed by atoms with van der Waals surface area (Å²) in [7, 11) is 0.526. The van der Waals surface area contributed by atoms with Crippen LogP contribution in [0.25, 0.3) is 0 Å². The van der Waals surface area contributed by atoms with Crippen molar-refractivity contribution in [2.45, 2.75) is 6.92 Å². The molecule has 0 rings (SSSR count). The summed E-state index contributed by atoms with van der Waals surface area (Å²) < 4.78 is 15.9. The minimum atomic E-state index is -1.08. The minimum absolute atomic E-state index is 0.200. The lowest BCUT2D eigenvalue weighted by Gasteiger charge is -2.20. The van der Waals surface area contributed by atoms with E-state index in [0.717, 1.165) is 4.90 Å². The van der Waals surface area contributed by atoms with Crippen LogP contribution in [-0.2, 0) is 20.3 Å². The zero-order chi connectivity index (χ0) is 14.0. The number of ether oxygens (including phenoxy) is 1. The van der Waals surface area contributed by atoms with Crippen LogP contribution in [0.4, 0.5) is 4.79 Å². The maximum atomic E-state index is 11.7. The molecular weight excluding hydrogens is 260 g/mol. The van der Waals surface area contributed by atoms with E-state index in [1.807, 2.05) is 0 Å². The molecule has 0 aromatic rings. The molecule has 0 saturated heterocycles. The lowest BCUT2D eigenvalue weighted by molar-refractivity contribution is -0.137. The van der Waals surface area contributed by atoms with Crippen molar-refractivity contribution < 1.29 is 23.6 Å². The molecule has 0 aliphatic heterocycles. The van der Waals surface area contributed by atoms with Crippen LogP contribution in [0.1, 0.15) is 6.92 Å². The van der Waals surface area contributed by atoms with Crippen LogP contribution < -0.4 is 5.32 Å². The van der Waals surface area contributed by atoms with Gasteiger partial charge in [0.05, 0.1) is 6.61 Å². The van der Waals surface area contributed by atoms with Crippen molar-refractivity contribution in [1.29, 1.82) is 0 Å². The number of urea groups is 1. The van der Waals surface area contributed by atoms with E-state index in [4.69, 9.17) is 9.84 Å². The topological polar surface area (TPSA) is 95.9 Å². The quantitative estimate of drug-likeness (QED) is 0.593. The monoisotopic (exact) mass is 280 g/mol. The van der Waals surface area contributed by atoms with Gasteiger partial charge in [0.25, 0.3) is 0 Å². The minimum Gasteiger partial charge on any atom is -0.480 e. The molecule has 2 amide bonds. The van der Waals surface area contributed by atoms with Gasteiger partial charge in [-0.05, 0) is 0 Å². The van der Waals surface area contributed by atoms with Crippen LogP contribution in [0.15, 0.2) is 0 Å². The van der Waals surface area contributed by atoms with Gasteiger partial charge in [-0.15, -0.1) is 0 Å². The molecule has 0 radical (unpaired) electrons. The fraction of sp³-hybridized carbons (Fsp3) is 0.800. The number of hydrogen-bond donors (Lipinski definition) is 2. The Hall–Kier alpha value is -1.15. The number of amides is 2. The van der Waals surface area contributed by atoms with Crippen LogP contribution in [-0.4, -0.2) is 71.1 Å². The number of carboxylic acids is 1. The largest absolute Gasteiger partial charge is 0.480 e. The number of rotatable bonds is 9. The second-order valence-electron chi connectivity index (χ2n) is 3.47. The summed E-state index contributed by atoms with van der Waals surface area (Å²) >= 11 is 0. The van der Waals surface area contributed by atoms with E-state index in [9.17, 15) is 13.8 Å². The molecule has 8 heteroatoms. The first-order valence-corrected chi connectivity index (χ1v) is 7.08. The Morgan fingerprint density at radius 3 is 2.61 bits per heavy atom. The maximum Gasteiger partial charge on any atom is 0.323 e. The van der Waals surface area contributed by atoms with Crippen molar-refractivity contribution >= 4 is 22.8 Å². The highest BCUT2D eigenvalue weighted by Gasteiger charge is 2.15. The molecule has 0 heterocycles. The Morgan fingerprint density at radius 2 is 2.11 bits per heavy atom. The van der Waals surface area contributed by atoms with Gasteiger partial charge in [0, 0.05) is 42.5 Å². The third kappa shape index (κ3) is 8.02. The number of hydrogen-bond acceptors (Lipinski definition) is 4. The molecule has 0 spiro atoms. The molecule has 0 saturated carbocycles. The summed E-state index contributed by atoms with van der Waals surface area (Å²) in [5.41, 5.74) is 0. The van der Waals surface area contributed by atoms with Gasteiger partial charge in [0.2, 0.25) is 0 Å². The zero-order valence-corrected chi connectivity index (χ0v) is 11.5. The molecule has 1 unspecified atom stereocenters. The third-order valence-corrected chi connectivity index (χ3v) is 3.41. The van der Waals surface area contributed by atoms with Crippen LogP contribution in [0.2, 0.25) is 0 Å². The molecule has 0 aliphatic rings. The first-order valence-electron chi connectivity index (χ1n) is 5.59. The van der Waals surface area contributed by atoms with E-state index in [1.165, 1.54) is 7.11 Å². The Morgan fingerprint density at radius 1 is 1.44 bits per heavy atom. The van der Waals surface area contributed by atoms with Gasteiger partial charge in [-0.3, -0.25) is 9.00 Å². The number of nitrogens with one attached hydrogen (secondary N) is 1. The predicted octanol–water partition coefficient (Wildman–Crippen LogP) is -0.502. The summed E-state index contributed by atoms with van der Waals surface area (Å²) in [5, 5.41) is 11.2. The molecule has 0 aromatic heterocycles. The summed E-state index contributed by atoms with van der Waals surface area (Å²) in [4.78, 5) is 23.4. The summed E-state index contributed by atoms with van der Waals surface area (Å²) in [6.45, 7) is 2.15. The predicted molar refractivity (Wildman–Crippen MR) is 68.0 cm³/mol. The third-order valence-electron chi connectivity index (χ3n) is 2.11. The van der Waals surface area contributed by atoms with Crippen LogP contribution in [0.5, 0.6) is 0 Å². The average molecular weight is 280 g/mol. The Balaban J connectivity index is 4.11. The number of methoxy groups -OCH3 is 1. The standard InChI is InChI=1S/C10H20N2O5S/c1-3-18(16)7-4-11-10(15)12(5-6-17-2)8-9(13)14/h3-8H2,1-2H3,(H,11,15)(H,13,14). The molecule has 106 valence electrons. The molecule has 1 atom stereocenters. The lowest BCUT2D eigenvalue weighted by Crippen LogP contribution is -2.45. The van der Waals surface area contributed by atoms with E-state index in [0.29, 0.717) is 11.5 Å². The van der Waals surface area contributed by atoms with Crippen molar-refractivity contribution in [3.63, 3.8) is 0 Å². The van der Waals surface area contributed by atoms with Gasteiger partial charge in [-0.1, -0.05) is 6.92 Å². The van der Waals surface area contributed by atoms with Gasteiger partial charge < -0.3 is 20.1 Å². The number of carbonyl (C=O) groups excluding carboxylic acids is 1. The van der Waals surface area contributed by atoms with Gasteiger partial charge in [0.1, 0.15) is 6.54 Å². The summed E-state index contributed by atoms with van der Waals surface area (Å²) in [5.74, 6) is -0.176. The summed E-state index contributed by atoms with van der Waals surface area (Å²) in [6, 6.07) is -0.484. The Labute approximate surface area is 109 Å². The molecule has 2 N–H and O–H groups in total. The van der Waals surface area contributed by atoms with E-state index >= 15 is 0 Å². The fourth-order valence-corrected chi connectivity index (χ4v) is 1.76. The van der Waals surface area contributed by atoms with Crippen molar-refractivity contribution in [2.24, 2.45) is 0 Å². The molecule has 0 fully saturated rings. The molecule has 7 nitrogen and oxygen atoms in total. The van der Waals surface area contributed by atoms with Crippen molar-refractivity contribution in [3.05, 3.63) is 0 Å². The number of nitrogens with zero attached hydrogens (tertiary/aromatic N) is 1. The normalized spacial score (nSPS) is 11.9. The zero-order valence-electron chi connectivity index (χ0n) is 10.7. The van der Waals surface area contributed by atoms with E-state index in [1.54, 1.807) is 6.92 Å². The molecule has 0 bridgehead atoms. The van der Waals surface area contributed by atoms with Crippen molar-refractivity contribution in [3.8, 4) is 0 Å². The molecular formula is C10H20N2O5S. The SMILES string of the molecule is CCS(=O)CCNC(=O)N(CCOC)CC(=O)O. The molecule has 0 aromatic carbocycles. The second-order valence-corrected chi connectivity index (χ2v) is 5.34. The van der Waals surface area contributed by atoms with E-state index in [2.05, 4.69) is 5.32 Å². The highest BCUT2D eigenvalue weighted by atomic mass is 32.2. The van der Waals surface area contributed by atoms with Crippen LogP contribution >= 0.6 is 0 Å². The second kappa shape index (κ2) is 9.84. The average Bonchev–Trinajstić information content (AvgIpc) is 2.33. The van der Waals surface area contributed by atoms with E-state index in [-0.39, 0.29) is 26.2 Å². The Bertz CT molecular complexity index is 298. The number of carbonyl (C=O) groups is 2. The molecule has 0 aliphatic carbocycles. The van der Waals surface area contributed by atoms with E-state index < -0.39 is 22.8 Å². The smallest absolute Gasteiger partial charge is 0.323 e. The highest BCUT2D eigenvalue weighted by Crippen LogP contribution is 1.91. The first kappa shape index (κ1) is 16.9. The van der Waals surface area contributed by atoms with Crippen LogP contribution in [0.3, 0.4) is 0 Å². The fourth-order valence-electron chi connectivity index (χ4n) is 1.15. The first-order chi connectivity index (χ1) is 8.51. The molecule has 18 heavy (non-hydrogen) atoms. The maximum absolute atomic E-state index is 11.7. The van der Waals surface area contributed by atoms with Crippen LogP contribution in [0, 0.1) is 0 Å². The number of carboxylic acid groups (broad SMARTS) is 1. The van der Waals surface area contributed by atoms with Crippen molar-refractivity contribution in [2.75, 3.05) is 44.9 Å².